The number of hydrogen-bond donors (Lipinski definition) is 1. The molecule has 1 aromatic carbocycles. The molecule has 0 saturated carbocycles. The Morgan fingerprint density at radius 1 is 1.22 bits per heavy atom. The maximum atomic E-state index is 6.11. The zero-order valence-corrected chi connectivity index (χ0v) is 12.2. The minimum absolute atomic E-state index is 0. The van der Waals surface area contributed by atoms with Gasteiger partial charge in [-0.05, 0) is 44.4 Å². The lowest BCUT2D eigenvalue weighted by atomic mass is 10.0. The summed E-state index contributed by atoms with van der Waals surface area (Å²) in [6.45, 7) is 10.2. The number of nitrogens with zero attached hydrogens (tertiary/aromatic N) is 1. The van der Waals surface area contributed by atoms with E-state index in [0.717, 1.165) is 25.9 Å². The molecular formula is C15H25ClN2. The quantitative estimate of drug-likeness (QED) is 0.760. The van der Waals surface area contributed by atoms with E-state index in [9.17, 15) is 0 Å². The first-order valence-electron chi connectivity index (χ1n) is 6.44. The average molecular weight is 269 g/mol. The molecule has 1 aromatic rings. The first kappa shape index (κ1) is 17.0. The molecule has 0 aliphatic heterocycles. The third kappa shape index (κ3) is 4.71. The Balaban J connectivity index is 0.00000289. The minimum atomic E-state index is 0. The topological polar surface area (TPSA) is 29.3 Å². The van der Waals surface area contributed by atoms with Crippen LogP contribution >= 0.6 is 12.4 Å². The Bertz CT molecular complexity index is 331. The highest BCUT2D eigenvalue weighted by molar-refractivity contribution is 5.85. The molecule has 0 spiro atoms. The lowest BCUT2D eigenvalue weighted by molar-refractivity contribution is 0.661. The summed E-state index contributed by atoms with van der Waals surface area (Å²) in [7, 11) is 0. The Hall–Kier alpha value is -0.990. The average Bonchev–Trinajstić information content (AvgIpc) is 2.38. The summed E-state index contributed by atoms with van der Waals surface area (Å²) < 4.78 is 0. The second kappa shape index (κ2) is 9.01. The molecule has 102 valence electrons. The molecule has 0 fully saturated rings. The van der Waals surface area contributed by atoms with Gasteiger partial charge >= 0.3 is 0 Å². The van der Waals surface area contributed by atoms with E-state index in [1.54, 1.807) is 0 Å². The molecule has 0 saturated heterocycles. The smallest absolute Gasteiger partial charge is 0.0366 e. The van der Waals surface area contributed by atoms with Crippen LogP contribution in [-0.4, -0.2) is 13.1 Å². The van der Waals surface area contributed by atoms with Crippen molar-refractivity contribution in [3.05, 3.63) is 42.5 Å². The normalized spacial score (nSPS) is 11.5. The van der Waals surface area contributed by atoms with Crippen LogP contribution in [0.1, 0.15) is 38.3 Å². The van der Waals surface area contributed by atoms with Crippen molar-refractivity contribution in [3.8, 4) is 0 Å². The van der Waals surface area contributed by atoms with Gasteiger partial charge in [0.1, 0.15) is 0 Å². The maximum absolute atomic E-state index is 6.11. The minimum Gasteiger partial charge on any atom is -0.372 e. The zero-order chi connectivity index (χ0) is 12.7. The van der Waals surface area contributed by atoms with Crippen molar-refractivity contribution in [3.63, 3.8) is 0 Å². The molecule has 2 N–H and O–H groups in total. The van der Waals surface area contributed by atoms with Gasteiger partial charge in [-0.2, -0.15) is 0 Å². The summed E-state index contributed by atoms with van der Waals surface area (Å²) in [5.74, 6) is 0. The summed E-state index contributed by atoms with van der Waals surface area (Å²) in [6, 6.07) is 8.73. The number of nitrogens with two attached hydrogens (primary N) is 1. The van der Waals surface area contributed by atoms with Crippen LogP contribution in [0.2, 0.25) is 0 Å². The van der Waals surface area contributed by atoms with E-state index < -0.39 is 0 Å². The first-order chi connectivity index (χ1) is 8.22. The van der Waals surface area contributed by atoms with Crippen molar-refractivity contribution in [2.45, 2.75) is 32.7 Å². The number of halogens is 1. The lowest BCUT2D eigenvalue weighted by Gasteiger charge is -2.21. The SMILES string of the molecule is C=CCC[C@H](N)c1ccc(N(CC)CC)cc1.Cl. The molecule has 0 amide bonds. The molecule has 1 rings (SSSR count). The fourth-order valence-electron chi connectivity index (χ4n) is 1.99. The van der Waals surface area contributed by atoms with Crippen LogP contribution in [0.3, 0.4) is 0 Å². The fourth-order valence-corrected chi connectivity index (χ4v) is 1.99. The van der Waals surface area contributed by atoms with Gasteiger partial charge in [0.2, 0.25) is 0 Å². The van der Waals surface area contributed by atoms with Crippen molar-refractivity contribution >= 4 is 18.1 Å². The van der Waals surface area contributed by atoms with Crippen molar-refractivity contribution in [1.29, 1.82) is 0 Å². The Morgan fingerprint density at radius 3 is 2.22 bits per heavy atom. The van der Waals surface area contributed by atoms with Gasteiger partial charge in [-0.15, -0.1) is 19.0 Å². The number of rotatable bonds is 7. The van der Waals surface area contributed by atoms with Crippen molar-refractivity contribution < 1.29 is 0 Å². The fraction of sp³-hybridized carbons (Fsp3) is 0.467. The van der Waals surface area contributed by atoms with Crippen LogP contribution in [0.4, 0.5) is 5.69 Å². The molecule has 0 unspecified atom stereocenters. The number of anilines is 1. The predicted molar refractivity (Wildman–Crippen MR) is 83.6 cm³/mol. The predicted octanol–water partition coefficient (Wildman–Crippen LogP) is 3.92. The van der Waals surface area contributed by atoms with Crippen LogP contribution < -0.4 is 10.6 Å². The third-order valence-electron chi connectivity index (χ3n) is 3.13. The second-order valence-electron chi connectivity index (χ2n) is 4.24. The molecule has 0 aliphatic rings. The molecule has 0 radical (unpaired) electrons. The number of allylic oxidation sites excluding steroid dienone is 1. The van der Waals surface area contributed by atoms with Gasteiger partial charge in [-0.1, -0.05) is 18.2 Å². The van der Waals surface area contributed by atoms with Crippen LogP contribution in [0, 0.1) is 0 Å². The van der Waals surface area contributed by atoms with Crippen LogP contribution in [-0.2, 0) is 0 Å². The summed E-state index contributed by atoms with van der Waals surface area (Å²) >= 11 is 0. The Morgan fingerprint density at radius 2 is 1.78 bits per heavy atom. The highest BCUT2D eigenvalue weighted by atomic mass is 35.5. The Labute approximate surface area is 117 Å². The van der Waals surface area contributed by atoms with Crippen LogP contribution in [0.15, 0.2) is 36.9 Å². The molecule has 0 bridgehead atoms. The van der Waals surface area contributed by atoms with Gasteiger partial charge in [0.15, 0.2) is 0 Å². The largest absolute Gasteiger partial charge is 0.372 e. The molecule has 3 heteroatoms. The van der Waals surface area contributed by atoms with E-state index in [1.165, 1.54) is 11.3 Å². The number of benzene rings is 1. The first-order valence-corrected chi connectivity index (χ1v) is 6.44. The van der Waals surface area contributed by atoms with Gasteiger partial charge in [-0.25, -0.2) is 0 Å². The van der Waals surface area contributed by atoms with E-state index in [-0.39, 0.29) is 18.4 Å². The molecule has 0 heterocycles. The van der Waals surface area contributed by atoms with Gasteiger partial charge in [0, 0.05) is 24.8 Å². The summed E-state index contributed by atoms with van der Waals surface area (Å²) in [6.07, 6.45) is 3.86. The maximum Gasteiger partial charge on any atom is 0.0366 e. The van der Waals surface area contributed by atoms with Gasteiger partial charge in [-0.3, -0.25) is 0 Å². The molecule has 0 aliphatic carbocycles. The molecular weight excluding hydrogens is 244 g/mol. The second-order valence-corrected chi connectivity index (χ2v) is 4.24. The van der Waals surface area contributed by atoms with Crippen LogP contribution in [0.25, 0.3) is 0 Å². The highest BCUT2D eigenvalue weighted by Gasteiger charge is 2.06. The molecule has 1 atom stereocenters. The Kier molecular flexibility index (Phi) is 8.51. The highest BCUT2D eigenvalue weighted by Crippen LogP contribution is 2.20. The molecule has 0 aromatic heterocycles. The van der Waals surface area contributed by atoms with Crippen molar-refractivity contribution in [1.82, 2.24) is 0 Å². The van der Waals surface area contributed by atoms with E-state index in [0.29, 0.717) is 0 Å². The standard InChI is InChI=1S/C15H24N2.ClH/c1-4-7-8-15(16)13-9-11-14(12-10-13)17(5-2)6-3;/h4,9-12,15H,1,5-8,16H2,2-3H3;1H/t15-;/m0./s1. The van der Waals surface area contributed by atoms with E-state index in [2.05, 4.69) is 49.6 Å². The van der Waals surface area contributed by atoms with E-state index in [4.69, 9.17) is 5.73 Å². The summed E-state index contributed by atoms with van der Waals surface area (Å²) in [4.78, 5) is 2.33. The monoisotopic (exact) mass is 268 g/mol. The number of hydrogen-bond acceptors (Lipinski definition) is 2. The molecule has 18 heavy (non-hydrogen) atoms. The molecule has 2 nitrogen and oxygen atoms in total. The third-order valence-corrected chi connectivity index (χ3v) is 3.13. The van der Waals surface area contributed by atoms with Gasteiger partial charge < -0.3 is 10.6 Å². The van der Waals surface area contributed by atoms with Crippen molar-refractivity contribution in [2.75, 3.05) is 18.0 Å². The van der Waals surface area contributed by atoms with Crippen LogP contribution in [0.5, 0.6) is 0 Å². The lowest BCUT2D eigenvalue weighted by Crippen LogP contribution is -2.21. The van der Waals surface area contributed by atoms with Gasteiger partial charge in [0.05, 0.1) is 0 Å². The zero-order valence-electron chi connectivity index (χ0n) is 11.4. The summed E-state index contributed by atoms with van der Waals surface area (Å²) in [5, 5.41) is 0. The van der Waals surface area contributed by atoms with Gasteiger partial charge in [0.25, 0.3) is 0 Å². The summed E-state index contributed by atoms with van der Waals surface area (Å²) in [5.41, 5.74) is 8.59. The van der Waals surface area contributed by atoms with E-state index >= 15 is 0 Å². The van der Waals surface area contributed by atoms with Crippen molar-refractivity contribution in [2.24, 2.45) is 5.73 Å². The van der Waals surface area contributed by atoms with E-state index in [1.807, 2.05) is 6.08 Å².